The second-order valence-corrected chi connectivity index (χ2v) is 8.33. The predicted molar refractivity (Wildman–Crippen MR) is 123 cm³/mol. The molecule has 2 heterocycles. The van der Waals surface area contributed by atoms with E-state index < -0.39 is 0 Å². The van der Waals surface area contributed by atoms with Crippen LogP contribution in [0.4, 0.5) is 5.13 Å². The predicted octanol–water partition coefficient (Wildman–Crippen LogP) is 6.13. The van der Waals surface area contributed by atoms with Gasteiger partial charge in [0.15, 0.2) is 10.9 Å². The summed E-state index contributed by atoms with van der Waals surface area (Å²) < 4.78 is 6.15. The maximum Gasteiger partial charge on any atom is 0.257 e. The second kappa shape index (κ2) is 9.28. The quantitative estimate of drug-likeness (QED) is 0.327. The zero-order valence-corrected chi connectivity index (χ0v) is 18.4. The molecule has 5 nitrogen and oxygen atoms in total. The van der Waals surface area contributed by atoms with Gasteiger partial charge >= 0.3 is 0 Å². The van der Waals surface area contributed by atoms with E-state index in [9.17, 15) is 4.79 Å². The van der Waals surface area contributed by atoms with Crippen molar-refractivity contribution in [1.82, 2.24) is 9.97 Å². The third-order valence-electron chi connectivity index (χ3n) is 4.50. The van der Waals surface area contributed by atoms with E-state index in [1.807, 2.05) is 73.0 Å². The van der Waals surface area contributed by atoms with Gasteiger partial charge in [-0.05, 0) is 6.92 Å². The van der Waals surface area contributed by atoms with Gasteiger partial charge in [-0.1, -0.05) is 72.4 Å². The number of thioether (sulfide) groups is 1. The van der Waals surface area contributed by atoms with Gasteiger partial charge in [-0.2, -0.15) is 0 Å². The summed E-state index contributed by atoms with van der Waals surface area (Å²) in [4.78, 5) is 22.8. The fourth-order valence-electron chi connectivity index (χ4n) is 3.05. The van der Waals surface area contributed by atoms with E-state index >= 15 is 0 Å². The summed E-state index contributed by atoms with van der Waals surface area (Å²) in [5, 5.41) is 3.30. The average Bonchev–Trinajstić information content (AvgIpc) is 3.41. The van der Waals surface area contributed by atoms with Crippen molar-refractivity contribution in [3.8, 4) is 22.6 Å². The van der Waals surface area contributed by atoms with Crippen molar-refractivity contribution in [3.05, 3.63) is 71.7 Å². The first-order valence-electron chi connectivity index (χ1n) is 9.62. The Morgan fingerprint density at radius 2 is 1.70 bits per heavy atom. The monoisotopic (exact) mass is 435 g/mol. The van der Waals surface area contributed by atoms with Crippen molar-refractivity contribution < 1.29 is 9.21 Å². The molecule has 0 aliphatic carbocycles. The Kier molecular flexibility index (Phi) is 6.30. The third kappa shape index (κ3) is 4.47. The van der Waals surface area contributed by atoms with Crippen LogP contribution in [-0.2, 0) is 10.5 Å². The van der Waals surface area contributed by atoms with Gasteiger partial charge < -0.3 is 4.42 Å². The van der Waals surface area contributed by atoms with Crippen molar-refractivity contribution in [2.75, 3.05) is 11.4 Å². The maximum atomic E-state index is 11.7. The number of benzene rings is 2. The number of carbonyl (C=O) groups is 1. The number of nitrogens with zero attached hydrogens (tertiary/aromatic N) is 3. The highest BCUT2D eigenvalue weighted by Gasteiger charge is 2.18. The van der Waals surface area contributed by atoms with Crippen LogP contribution in [0.15, 0.2) is 75.7 Å². The molecule has 1 amide bonds. The molecule has 30 heavy (non-hydrogen) atoms. The van der Waals surface area contributed by atoms with E-state index in [1.165, 1.54) is 23.1 Å². The minimum Gasteiger partial charge on any atom is -0.431 e. The first-order chi connectivity index (χ1) is 14.7. The third-order valence-corrected chi connectivity index (χ3v) is 6.28. The van der Waals surface area contributed by atoms with Gasteiger partial charge in [0.1, 0.15) is 5.69 Å². The normalized spacial score (nSPS) is 10.9. The highest BCUT2D eigenvalue weighted by molar-refractivity contribution is 7.98. The minimum atomic E-state index is -0.00115. The zero-order chi connectivity index (χ0) is 20.9. The topological polar surface area (TPSA) is 59.2 Å². The summed E-state index contributed by atoms with van der Waals surface area (Å²) in [7, 11) is 0. The largest absolute Gasteiger partial charge is 0.431 e. The highest BCUT2D eigenvalue weighted by Crippen LogP contribution is 2.36. The molecular formula is C23H21N3O2S2. The molecule has 0 fully saturated rings. The molecule has 0 saturated carbocycles. The number of hydrogen-bond donors (Lipinski definition) is 0. The summed E-state index contributed by atoms with van der Waals surface area (Å²) in [6, 6.07) is 20.1. The number of amides is 1. The van der Waals surface area contributed by atoms with Crippen LogP contribution in [0.3, 0.4) is 0 Å². The zero-order valence-electron chi connectivity index (χ0n) is 16.7. The maximum absolute atomic E-state index is 11.7. The number of anilines is 1. The van der Waals surface area contributed by atoms with Crippen molar-refractivity contribution >= 4 is 34.1 Å². The van der Waals surface area contributed by atoms with E-state index in [0.717, 1.165) is 33.4 Å². The van der Waals surface area contributed by atoms with Crippen molar-refractivity contribution in [2.45, 2.75) is 24.8 Å². The Morgan fingerprint density at radius 3 is 2.33 bits per heavy atom. The molecule has 2 aromatic carbocycles. The highest BCUT2D eigenvalue weighted by atomic mass is 32.2. The van der Waals surface area contributed by atoms with Crippen LogP contribution >= 0.6 is 23.1 Å². The SMILES string of the molecule is CCN(C(C)=O)c1nc(CSc2nc(-c3ccccc3)c(-c3ccccc3)o2)cs1. The van der Waals surface area contributed by atoms with Gasteiger partial charge in [-0.3, -0.25) is 9.69 Å². The van der Waals surface area contributed by atoms with Crippen LogP contribution in [0.1, 0.15) is 19.5 Å². The van der Waals surface area contributed by atoms with E-state index in [2.05, 4.69) is 4.98 Å². The van der Waals surface area contributed by atoms with E-state index in [4.69, 9.17) is 9.40 Å². The number of hydrogen-bond acceptors (Lipinski definition) is 6. The first-order valence-corrected chi connectivity index (χ1v) is 11.5. The number of thiazole rings is 1. The fraction of sp³-hybridized carbons (Fsp3) is 0.174. The molecule has 4 rings (SSSR count). The Hall–Kier alpha value is -2.90. The molecular weight excluding hydrogens is 414 g/mol. The van der Waals surface area contributed by atoms with E-state index in [-0.39, 0.29) is 5.91 Å². The van der Waals surface area contributed by atoms with Gasteiger partial charge in [0.2, 0.25) is 5.91 Å². The second-order valence-electron chi connectivity index (χ2n) is 6.56. The molecule has 0 unspecified atom stereocenters. The van der Waals surface area contributed by atoms with Crippen LogP contribution in [-0.4, -0.2) is 22.4 Å². The van der Waals surface area contributed by atoms with Gasteiger partial charge in [-0.25, -0.2) is 9.97 Å². The Morgan fingerprint density at radius 1 is 1.03 bits per heavy atom. The first kappa shape index (κ1) is 20.4. The smallest absolute Gasteiger partial charge is 0.257 e. The van der Waals surface area contributed by atoms with Crippen LogP contribution < -0.4 is 4.90 Å². The minimum absolute atomic E-state index is 0.00115. The number of rotatable bonds is 7. The Balaban J connectivity index is 1.58. The van der Waals surface area contributed by atoms with Crippen molar-refractivity contribution in [3.63, 3.8) is 0 Å². The molecule has 0 aliphatic heterocycles. The molecule has 152 valence electrons. The van der Waals surface area contributed by atoms with Crippen LogP contribution in [0.2, 0.25) is 0 Å². The van der Waals surface area contributed by atoms with Crippen molar-refractivity contribution in [1.29, 1.82) is 0 Å². The number of oxazole rings is 1. The molecule has 0 N–H and O–H groups in total. The number of aromatic nitrogens is 2. The van der Waals surface area contributed by atoms with Gasteiger partial charge in [0.05, 0.1) is 5.69 Å². The lowest BCUT2D eigenvalue weighted by molar-refractivity contribution is -0.116. The van der Waals surface area contributed by atoms with E-state index in [0.29, 0.717) is 17.5 Å². The van der Waals surface area contributed by atoms with Crippen molar-refractivity contribution in [2.24, 2.45) is 0 Å². The van der Waals surface area contributed by atoms with Crippen LogP contribution in [0.5, 0.6) is 0 Å². The van der Waals surface area contributed by atoms with E-state index in [1.54, 1.807) is 11.8 Å². The number of carbonyl (C=O) groups excluding carboxylic acids is 1. The summed E-state index contributed by atoms with van der Waals surface area (Å²) in [5.41, 5.74) is 3.74. The summed E-state index contributed by atoms with van der Waals surface area (Å²) in [5.74, 6) is 1.38. The summed E-state index contributed by atoms with van der Waals surface area (Å²) >= 11 is 2.98. The lowest BCUT2D eigenvalue weighted by atomic mass is 10.1. The van der Waals surface area contributed by atoms with Gasteiger partial charge in [-0.15, -0.1) is 11.3 Å². The van der Waals surface area contributed by atoms with Crippen LogP contribution in [0.25, 0.3) is 22.6 Å². The molecule has 0 spiro atoms. The summed E-state index contributed by atoms with van der Waals surface area (Å²) in [6.07, 6.45) is 0. The van der Waals surface area contributed by atoms with Crippen LogP contribution in [0, 0.1) is 0 Å². The molecule has 2 aromatic heterocycles. The molecule has 0 bridgehead atoms. The molecule has 7 heteroatoms. The average molecular weight is 436 g/mol. The fourth-order valence-corrected chi connectivity index (χ4v) is 4.81. The summed E-state index contributed by atoms with van der Waals surface area (Å²) in [6.45, 7) is 4.11. The Labute approximate surface area is 183 Å². The molecule has 0 aliphatic rings. The molecule has 4 aromatic rings. The standard InChI is InChI=1S/C23H21N3O2S2/c1-3-26(16(2)27)22-24-19(14-29-22)15-30-23-25-20(17-10-6-4-7-11-17)21(28-23)18-12-8-5-9-13-18/h4-14H,3,15H2,1-2H3. The molecule has 0 radical (unpaired) electrons. The van der Waals surface area contributed by atoms with Gasteiger partial charge in [0, 0.05) is 35.7 Å². The Bertz CT molecular complexity index is 1070. The van der Waals surface area contributed by atoms with Gasteiger partial charge in [0.25, 0.3) is 5.22 Å². The lowest BCUT2D eigenvalue weighted by Gasteiger charge is -2.14. The molecule has 0 saturated heterocycles. The lowest BCUT2D eigenvalue weighted by Crippen LogP contribution is -2.27. The molecule has 0 atom stereocenters.